The van der Waals surface area contributed by atoms with Crippen LogP contribution in [0.15, 0.2) is 34.9 Å². The van der Waals surface area contributed by atoms with E-state index in [4.69, 9.17) is 4.52 Å². The first kappa shape index (κ1) is 14.1. The summed E-state index contributed by atoms with van der Waals surface area (Å²) >= 11 is 0. The average molecular weight is 285 g/mol. The number of hydrogen-bond donors (Lipinski definition) is 1. The van der Waals surface area contributed by atoms with Gasteiger partial charge in [-0.2, -0.15) is 4.98 Å². The number of nitrogens with zero attached hydrogens (tertiary/aromatic N) is 2. The van der Waals surface area contributed by atoms with Crippen LogP contribution >= 0.6 is 0 Å². The van der Waals surface area contributed by atoms with E-state index < -0.39 is 0 Å². The highest BCUT2D eigenvalue weighted by Crippen LogP contribution is 2.45. The number of benzene rings is 1. The third-order valence-electron chi connectivity index (χ3n) is 4.12. The largest absolute Gasteiger partial charge is 0.333 e. The Morgan fingerprint density at radius 3 is 2.38 bits per heavy atom. The van der Waals surface area contributed by atoms with E-state index in [9.17, 15) is 0 Å². The van der Waals surface area contributed by atoms with Crippen molar-refractivity contribution in [1.82, 2.24) is 10.1 Å². The fourth-order valence-electron chi connectivity index (χ4n) is 3.17. The van der Waals surface area contributed by atoms with Gasteiger partial charge >= 0.3 is 6.01 Å². The number of rotatable bonds is 3. The molecule has 4 nitrogen and oxygen atoms in total. The molecule has 21 heavy (non-hydrogen) atoms. The number of anilines is 1. The highest BCUT2D eigenvalue weighted by atomic mass is 16.5. The van der Waals surface area contributed by atoms with Gasteiger partial charge in [0.1, 0.15) is 0 Å². The molecule has 0 saturated heterocycles. The molecule has 1 fully saturated rings. The standard InChI is InChI=1S/C17H23N3O/c1-16(2,3)19-15-18-14(20-21-15)17(11-7-8-12-17)13-9-5-4-6-10-13/h4-6,9-10H,7-8,11-12H2,1-3H3,(H,18,19,20). The zero-order chi connectivity index (χ0) is 14.9. The minimum atomic E-state index is -0.0839. The molecule has 1 saturated carbocycles. The molecule has 1 aliphatic carbocycles. The first-order valence-corrected chi connectivity index (χ1v) is 7.68. The van der Waals surface area contributed by atoms with Crippen molar-refractivity contribution in [3.63, 3.8) is 0 Å². The third kappa shape index (κ3) is 2.80. The molecule has 3 rings (SSSR count). The molecule has 1 aromatic heterocycles. The van der Waals surface area contributed by atoms with E-state index in [0.29, 0.717) is 6.01 Å². The molecule has 1 aromatic carbocycles. The lowest BCUT2D eigenvalue weighted by Gasteiger charge is -2.25. The van der Waals surface area contributed by atoms with Gasteiger partial charge in [-0.3, -0.25) is 0 Å². The monoisotopic (exact) mass is 285 g/mol. The second-order valence-electron chi connectivity index (χ2n) is 6.95. The maximum atomic E-state index is 5.43. The van der Waals surface area contributed by atoms with Crippen molar-refractivity contribution in [1.29, 1.82) is 0 Å². The number of nitrogens with one attached hydrogen (secondary N) is 1. The van der Waals surface area contributed by atoms with Crippen molar-refractivity contribution in [3.8, 4) is 0 Å². The zero-order valence-corrected chi connectivity index (χ0v) is 13.0. The van der Waals surface area contributed by atoms with Gasteiger partial charge in [-0.05, 0) is 39.2 Å². The van der Waals surface area contributed by atoms with Crippen molar-refractivity contribution in [2.45, 2.75) is 57.4 Å². The molecule has 0 radical (unpaired) electrons. The summed E-state index contributed by atoms with van der Waals surface area (Å²) in [4.78, 5) is 4.64. The van der Waals surface area contributed by atoms with Crippen LogP contribution in [0.4, 0.5) is 6.01 Å². The summed E-state index contributed by atoms with van der Waals surface area (Å²) in [6.07, 6.45) is 4.61. The zero-order valence-electron chi connectivity index (χ0n) is 13.0. The Balaban J connectivity index is 1.96. The quantitative estimate of drug-likeness (QED) is 0.920. The lowest BCUT2D eigenvalue weighted by atomic mass is 9.78. The first-order chi connectivity index (χ1) is 10.00. The second kappa shape index (κ2) is 5.17. The van der Waals surface area contributed by atoms with Crippen LogP contribution in [0.25, 0.3) is 0 Å². The van der Waals surface area contributed by atoms with Crippen molar-refractivity contribution in [3.05, 3.63) is 41.7 Å². The van der Waals surface area contributed by atoms with Gasteiger partial charge in [-0.25, -0.2) is 0 Å². The summed E-state index contributed by atoms with van der Waals surface area (Å²) in [7, 11) is 0. The van der Waals surface area contributed by atoms with Crippen LogP contribution in [0.5, 0.6) is 0 Å². The van der Waals surface area contributed by atoms with Crippen molar-refractivity contribution in [2.24, 2.45) is 0 Å². The van der Waals surface area contributed by atoms with E-state index in [0.717, 1.165) is 18.7 Å². The second-order valence-corrected chi connectivity index (χ2v) is 6.95. The molecule has 0 amide bonds. The topological polar surface area (TPSA) is 51.0 Å². The SMILES string of the molecule is CC(C)(C)Nc1nc(C2(c3ccccc3)CCCC2)no1. The molecule has 0 bridgehead atoms. The van der Waals surface area contributed by atoms with Crippen LogP contribution in [-0.4, -0.2) is 15.7 Å². The number of aromatic nitrogens is 2. The fraction of sp³-hybridized carbons (Fsp3) is 0.529. The van der Waals surface area contributed by atoms with Crippen LogP contribution in [0.3, 0.4) is 0 Å². The van der Waals surface area contributed by atoms with Gasteiger partial charge in [0, 0.05) is 5.54 Å². The van der Waals surface area contributed by atoms with Crippen LogP contribution in [-0.2, 0) is 5.41 Å². The van der Waals surface area contributed by atoms with E-state index in [-0.39, 0.29) is 11.0 Å². The van der Waals surface area contributed by atoms with Gasteiger partial charge in [0.25, 0.3) is 0 Å². The molecule has 0 unspecified atom stereocenters. The summed E-state index contributed by atoms with van der Waals surface area (Å²) in [5.74, 6) is 0.818. The van der Waals surface area contributed by atoms with E-state index >= 15 is 0 Å². The lowest BCUT2D eigenvalue weighted by Crippen LogP contribution is -2.27. The first-order valence-electron chi connectivity index (χ1n) is 7.68. The predicted octanol–water partition coefficient (Wildman–Crippen LogP) is 4.14. The average Bonchev–Trinajstić information content (AvgIpc) is 3.07. The molecule has 1 heterocycles. The summed E-state index contributed by atoms with van der Waals surface area (Å²) in [5.41, 5.74) is 1.13. The van der Waals surface area contributed by atoms with Gasteiger partial charge in [0.05, 0.1) is 5.41 Å². The maximum absolute atomic E-state index is 5.43. The highest BCUT2D eigenvalue weighted by Gasteiger charge is 2.41. The van der Waals surface area contributed by atoms with Crippen LogP contribution in [0.2, 0.25) is 0 Å². The van der Waals surface area contributed by atoms with Gasteiger partial charge in [-0.1, -0.05) is 48.3 Å². The molecule has 1 N–H and O–H groups in total. The molecule has 2 aromatic rings. The van der Waals surface area contributed by atoms with E-state index in [1.807, 2.05) is 0 Å². The Hall–Kier alpha value is -1.84. The van der Waals surface area contributed by atoms with Crippen LogP contribution < -0.4 is 5.32 Å². The number of hydrogen-bond acceptors (Lipinski definition) is 4. The van der Waals surface area contributed by atoms with E-state index in [1.54, 1.807) is 0 Å². The summed E-state index contributed by atoms with van der Waals surface area (Å²) in [6.45, 7) is 6.25. The van der Waals surface area contributed by atoms with Gasteiger partial charge in [0.2, 0.25) is 0 Å². The lowest BCUT2D eigenvalue weighted by molar-refractivity contribution is 0.389. The Kier molecular flexibility index (Phi) is 3.47. The molecule has 1 aliphatic rings. The van der Waals surface area contributed by atoms with E-state index in [1.165, 1.54) is 18.4 Å². The highest BCUT2D eigenvalue weighted by molar-refractivity contribution is 5.36. The maximum Gasteiger partial charge on any atom is 0.321 e. The summed E-state index contributed by atoms with van der Waals surface area (Å²) in [5, 5.41) is 7.54. The smallest absolute Gasteiger partial charge is 0.321 e. The molecule has 0 aliphatic heterocycles. The molecule has 4 heteroatoms. The fourth-order valence-corrected chi connectivity index (χ4v) is 3.17. The van der Waals surface area contributed by atoms with E-state index in [2.05, 4.69) is 66.6 Å². The molecular weight excluding hydrogens is 262 g/mol. The Labute approximate surface area is 126 Å². The summed E-state index contributed by atoms with van der Waals surface area (Å²) < 4.78 is 5.43. The van der Waals surface area contributed by atoms with Crippen molar-refractivity contribution >= 4 is 6.01 Å². The van der Waals surface area contributed by atoms with Crippen molar-refractivity contribution in [2.75, 3.05) is 5.32 Å². The molecule has 0 atom stereocenters. The van der Waals surface area contributed by atoms with Gasteiger partial charge < -0.3 is 9.84 Å². The Morgan fingerprint density at radius 1 is 1.10 bits per heavy atom. The van der Waals surface area contributed by atoms with Crippen molar-refractivity contribution < 1.29 is 4.52 Å². The Bertz CT molecular complexity index is 592. The Morgan fingerprint density at radius 2 is 1.76 bits per heavy atom. The van der Waals surface area contributed by atoms with Crippen LogP contribution in [0.1, 0.15) is 57.8 Å². The molecule has 0 spiro atoms. The predicted molar refractivity (Wildman–Crippen MR) is 83.4 cm³/mol. The van der Waals surface area contributed by atoms with Crippen LogP contribution in [0, 0.1) is 0 Å². The molecule has 112 valence electrons. The minimum absolute atomic E-state index is 0.0808. The van der Waals surface area contributed by atoms with Gasteiger partial charge in [-0.15, -0.1) is 0 Å². The molecular formula is C17H23N3O. The normalized spacial score (nSPS) is 17.9. The van der Waals surface area contributed by atoms with Gasteiger partial charge in [0.15, 0.2) is 5.82 Å². The minimum Gasteiger partial charge on any atom is -0.333 e. The summed E-state index contributed by atoms with van der Waals surface area (Å²) in [6, 6.07) is 11.1. The third-order valence-corrected chi connectivity index (χ3v) is 4.12.